The summed E-state index contributed by atoms with van der Waals surface area (Å²) >= 11 is 0. The monoisotopic (exact) mass is 283 g/mol. The van der Waals surface area contributed by atoms with Gasteiger partial charge < -0.3 is 10.4 Å². The van der Waals surface area contributed by atoms with E-state index in [1.165, 1.54) is 12.1 Å². The van der Waals surface area contributed by atoms with Gasteiger partial charge in [0, 0.05) is 5.69 Å². The molecule has 4 nitrogen and oxygen atoms in total. The summed E-state index contributed by atoms with van der Waals surface area (Å²) in [5.41, 5.74) is 2.90. The van der Waals surface area contributed by atoms with Crippen molar-refractivity contribution in [2.24, 2.45) is 0 Å². The van der Waals surface area contributed by atoms with Crippen LogP contribution >= 0.6 is 0 Å². The molecule has 0 saturated carbocycles. The minimum absolute atomic E-state index is 0.00151. The maximum atomic E-state index is 12.4. The second-order valence-corrected chi connectivity index (χ2v) is 4.77. The van der Waals surface area contributed by atoms with Crippen molar-refractivity contribution in [1.29, 1.82) is 0 Å². The minimum atomic E-state index is -1.11. The highest BCUT2D eigenvalue weighted by Gasteiger charge is 2.17. The van der Waals surface area contributed by atoms with Crippen molar-refractivity contribution in [2.45, 2.75) is 20.3 Å². The van der Waals surface area contributed by atoms with Crippen LogP contribution in [0.1, 0.15) is 38.8 Å². The topological polar surface area (TPSA) is 66.4 Å². The fourth-order valence-corrected chi connectivity index (χ4v) is 2.25. The zero-order valence-electron chi connectivity index (χ0n) is 12.0. The molecule has 0 atom stereocenters. The van der Waals surface area contributed by atoms with E-state index in [9.17, 15) is 9.59 Å². The molecule has 0 aliphatic carbocycles. The molecule has 0 fully saturated rings. The van der Waals surface area contributed by atoms with Gasteiger partial charge in [-0.05, 0) is 36.6 Å². The molecule has 0 saturated heterocycles. The number of nitrogens with one attached hydrogen (secondary N) is 1. The Bertz CT molecular complexity index is 692. The van der Waals surface area contributed by atoms with E-state index in [2.05, 4.69) is 5.32 Å². The second kappa shape index (κ2) is 6.22. The van der Waals surface area contributed by atoms with E-state index in [0.29, 0.717) is 0 Å². The Morgan fingerprint density at radius 1 is 1.05 bits per heavy atom. The summed E-state index contributed by atoms with van der Waals surface area (Å²) in [6.45, 7) is 3.92. The first-order valence-electron chi connectivity index (χ1n) is 6.76. The van der Waals surface area contributed by atoms with Crippen LogP contribution in [0.4, 0.5) is 5.69 Å². The Hall–Kier alpha value is -2.62. The molecule has 0 aliphatic heterocycles. The van der Waals surface area contributed by atoms with Crippen LogP contribution in [-0.2, 0) is 6.42 Å². The second-order valence-electron chi connectivity index (χ2n) is 4.77. The molecule has 2 aromatic rings. The molecule has 2 rings (SSSR count). The van der Waals surface area contributed by atoms with Gasteiger partial charge >= 0.3 is 5.97 Å². The van der Waals surface area contributed by atoms with Gasteiger partial charge in [0.15, 0.2) is 0 Å². The normalized spacial score (nSPS) is 10.2. The first-order chi connectivity index (χ1) is 10.0. The third kappa shape index (κ3) is 3.11. The highest BCUT2D eigenvalue weighted by molar-refractivity contribution is 6.11. The number of amides is 1. The smallest absolute Gasteiger partial charge is 0.336 e. The van der Waals surface area contributed by atoms with Crippen LogP contribution in [0, 0.1) is 6.92 Å². The van der Waals surface area contributed by atoms with Crippen molar-refractivity contribution in [1.82, 2.24) is 0 Å². The number of benzene rings is 2. The van der Waals surface area contributed by atoms with Crippen molar-refractivity contribution in [2.75, 3.05) is 5.32 Å². The number of carboxylic acids is 1. The zero-order chi connectivity index (χ0) is 15.4. The van der Waals surface area contributed by atoms with Crippen LogP contribution in [-0.4, -0.2) is 17.0 Å². The molecule has 0 heterocycles. The standard InChI is InChI=1S/C17H17NO3/c1-3-12-8-6-7-11(2)15(12)18-16(19)13-9-4-5-10-14(13)17(20)21/h4-10H,3H2,1-2H3,(H,18,19)(H,20,21). The molecular weight excluding hydrogens is 266 g/mol. The van der Waals surface area contributed by atoms with Crippen LogP contribution in [0.2, 0.25) is 0 Å². The molecule has 4 heteroatoms. The van der Waals surface area contributed by atoms with Gasteiger partial charge in [-0.3, -0.25) is 4.79 Å². The predicted octanol–water partition coefficient (Wildman–Crippen LogP) is 3.51. The maximum Gasteiger partial charge on any atom is 0.336 e. The Kier molecular flexibility index (Phi) is 4.38. The number of hydrogen-bond donors (Lipinski definition) is 2. The number of carbonyl (C=O) groups is 2. The maximum absolute atomic E-state index is 12.4. The molecule has 1 amide bonds. The van der Waals surface area contributed by atoms with Gasteiger partial charge in [0.2, 0.25) is 0 Å². The lowest BCUT2D eigenvalue weighted by Crippen LogP contribution is -2.17. The lowest BCUT2D eigenvalue weighted by Gasteiger charge is -2.13. The fourth-order valence-electron chi connectivity index (χ4n) is 2.25. The molecule has 21 heavy (non-hydrogen) atoms. The molecule has 0 unspecified atom stereocenters. The summed E-state index contributed by atoms with van der Waals surface area (Å²) in [5, 5.41) is 12.0. The highest BCUT2D eigenvalue weighted by atomic mass is 16.4. The van der Waals surface area contributed by atoms with E-state index < -0.39 is 11.9 Å². The van der Waals surface area contributed by atoms with Gasteiger partial charge in [-0.2, -0.15) is 0 Å². The van der Waals surface area contributed by atoms with Crippen molar-refractivity contribution in [3.63, 3.8) is 0 Å². The van der Waals surface area contributed by atoms with Gasteiger partial charge in [0.25, 0.3) is 5.91 Å². The van der Waals surface area contributed by atoms with Crippen molar-refractivity contribution in [3.8, 4) is 0 Å². The third-order valence-corrected chi connectivity index (χ3v) is 3.38. The molecule has 0 radical (unpaired) electrons. The van der Waals surface area contributed by atoms with E-state index in [4.69, 9.17) is 5.11 Å². The molecule has 0 spiro atoms. The zero-order valence-corrected chi connectivity index (χ0v) is 12.0. The van der Waals surface area contributed by atoms with Crippen LogP contribution in [0.15, 0.2) is 42.5 Å². The van der Waals surface area contributed by atoms with E-state index in [-0.39, 0.29) is 11.1 Å². The Labute approximate surface area is 123 Å². The largest absolute Gasteiger partial charge is 0.478 e. The highest BCUT2D eigenvalue weighted by Crippen LogP contribution is 2.22. The number of rotatable bonds is 4. The van der Waals surface area contributed by atoms with Gasteiger partial charge in [0.05, 0.1) is 11.1 Å². The minimum Gasteiger partial charge on any atom is -0.478 e. The Balaban J connectivity index is 2.38. The molecule has 0 aliphatic rings. The van der Waals surface area contributed by atoms with Crippen LogP contribution in [0.5, 0.6) is 0 Å². The lowest BCUT2D eigenvalue weighted by molar-refractivity contribution is 0.0692. The van der Waals surface area contributed by atoms with E-state index in [0.717, 1.165) is 23.2 Å². The molecule has 0 aromatic heterocycles. The Morgan fingerprint density at radius 2 is 1.71 bits per heavy atom. The number of aryl methyl sites for hydroxylation is 2. The first-order valence-corrected chi connectivity index (χ1v) is 6.76. The summed E-state index contributed by atoms with van der Waals surface area (Å²) in [6, 6.07) is 12.0. The summed E-state index contributed by atoms with van der Waals surface area (Å²) in [7, 11) is 0. The molecule has 2 aromatic carbocycles. The summed E-state index contributed by atoms with van der Waals surface area (Å²) < 4.78 is 0. The summed E-state index contributed by atoms with van der Waals surface area (Å²) in [4.78, 5) is 23.6. The van der Waals surface area contributed by atoms with E-state index in [1.807, 2.05) is 32.0 Å². The van der Waals surface area contributed by atoms with E-state index in [1.54, 1.807) is 12.1 Å². The SMILES string of the molecule is CCc1cccc(C)c1NC(=O)c1ccccc1C(=O)O. The average molecular weight is 283 g/mol. The first kappa shape index (κ1) is 14.8. The summed E-state index contributed by atoms with van der Waals surface area (Å²) in [5.74, 6) is -1.52. The number of anilines is 1. The molecular formula is C17H17NO3. The quantitative estimate of drug-likeness (QED) is 0.902. The van der Waals surface area contributed by atoms with E-state index >= 15 is 0 Å². The van der Waals surface area contributed by atoms with Crippen molar-refractivity contribution >= 4 is 17.6 Å². The Morgan fingerprint density at radius 3 is 2.33 bits per heavy atom. The number of hydrogen-bond acceptors (Lipinski definition) is 2. The van der Waals surface area contributed by atoms with Gasteiger partial charge in [0.1, 0.15) is 0 Å². The van der Waals surface area contributed by atoms with Crippen molar-refractivity contribution in [3.05, 3.63) is 64.7 Å². The van der Waals surface area contributed by atoms with Gasteiger partial charge in [-0.15, -0.1) is 0 Å². The number of para-hydroxylation sites is 1. The molecule has 0 bridgehead atoms. The number of carbonyl (C=O) groups excluding carboxylic acids is 1. The van der Waals surface area contributed by atoms with Crippen LogP contribution < -0.4 is 5.32 Å². The predicted molar refractivity (Wildman–Crippen MR) is 81.9 cm³/mol. The van der Waals surface area contributed by atoms with Crippen LogP contribution in [0.25, 0.3) is 0 Å². The fraction of sp³-hybridized carbons (Fsp3) is 0.176. The lowest BCUT2D eigenvalue weighted by atomic mass is 10.0. The molecule has 2 N–H and O–H groups in total. The number of aromatic carboxylic acids is 1. The molecule has 108 valence electrons. The van der Waals surface area contributed by atoms with Gasteiger partial charge in [-0.1, -0.05) is 37.3 Å². The van der Waals surface area contributed by atoms with Crippen LogP contribution in [0.3, 0.4) is 0 Å². The van der Waals surface area contributed by atoms with Crippen molar-refractivity contribution < 1.29 is 14.7 Å². The third-order valence-electron chi connectivity index (χ3n) is 3.38. The average Bonchev–Trinajstić information content (AvgIpc) is 2.49. The van der Waals surface area contributed by atoms with Gasteiger partial charge in [-0.25, -0.2) is 4.79 Å². The number of carboxylic acid groups (broad SMARTS) is 1. The summed E-state index contributed by atoms with van der Waals surface area (Å²) in [6.07, 6.45) is 0.790.